The van der Waals surface area contributed by atoms with E-state index in [2.05, 4.69) is 0 Å². The second kappa shape index (κ2) is 5.72. The smallest absolute Gasteiger partial charge is 0.471 e. The summed E-state index contributed by atoms with van der Waals surface area (Å²) in [6.07, 6.45) is -3.41. The fourth-order valence-corrected chi connectivity index (χ4v) is 1.33. The van der Waals surface area contributed by atoms with Gasteiger partial charge in [-0.05, 0) is 26.8 Å². The summed E-state index contributed by atoms with van der Waals surface area (Å²) in [6, 6.07) is -0.989. The predicted octanol–water partition coefficient (Wildman–Crippen LogP) is 1.54. The number of nitrogens with one attached hydrogen (secondary N) is 1. The number of hydrogen-bond donors (Lipinski definition) is 1. The van der Waals surface area contributed by atoms with Crippen molar-refractivity contribution in [1.29, 1.82) is 0 Å². The average Bonchev–Trinajstić information content (AvgIpc) is 2.70. The SMILES string of the molecule is CC(C)(C)C(=O)OC[C@H]1OC=C[C@@H]1NC(=O)C(F)(F)F. The lowest BCUT2D eigenvalue weighted by Gasteiger charge is -2.22. The maximum atomic E-state index is 12.1. The van der Waals surface area contributed by atoms with Crippen molar-refractivity contribution in [2.24, 2.45) is 5.41 Å². The van der Waals surface area contributed by atoms with Gasteiger partial charge in [-0.2, -0.15) is 13.2 Å². The van der Waals surface area contributed by atoms with E-state index in [-0.39, 0.29) is 6.61 Å². The van der Waals surface area contributed by atoms with Crippen LogP contribution in [0.1, 0.15) is 20.8 Å². The van der Waals surface area contributed by atoms with E-state index in [0.29, 0.717) is 0 Å². The van der Waals surface area contributed by atoms with Gasteiger partial charge in [0.05, 0.1) is 17.7 Å². The molecule has 0 fully saturated rings. The second-order valence-corrected chi connectivity index (χ2v) is 5.35. The molecule has 0 aromatic heterocycles. The quantitative estimate of drug-likeness (QED) is 0.802. The minimum atomic E-state index is -4.97. The summed E-state index contributed by atoms with van der Waals surface area (Å²) < 4.78 is 46.4. The summed E-state index contributed by atoms with van der Waals surface area (Å²) in [5.74, 6) is -2.57. The Morgan fingerprint density at radius 1 is 1.30 bits per heavy atom. The molecule has 20 heavy (non-hydrogen) atoms. The molecule has 0 aromatic rings. The van der Waals surface area contributed by atoms with Crippen LogP contribution in [0.4, 0.5) is 13.2 Å². The van der Waals surface area contributed by atoms with Gasteiger partial charge in [0.2, 0.25) is 0 Å². The molecule has 1 N–H and O–H groups in total. The van der Waals surface area contributed by atoms with E-state index in [1.165, 1.54) is 6.08 Å². The molecule has 2 atom stereocenters. The van der Waals surface area contributed by atoms with Crippen molar-refractivity contribution in [1.82, 2.24) is 5.32 Å². The Labute approximate surface area is 114 Å². The van der Waals surface area contributed by atoms with Crippen molar-refractivity contribution in [3.63, 3.8) is 0 Å². The Balaban J connectivity index is 2.52. The molecule has 1 rings (SSSR count). The van der Waals surface area contributed by atoms with Gasteiger partial charge in [-0.15, -0.1) is 0 Å². The number of rotatable bonds is 3. The summed E-state index contributed by atoms with van der Waals surface area (Å²) in [4.78, 5) is 22.4. The zero-order valence-corrected chi connectivity index (χ0v) is 11.3. The van der Waals surface area contributed by atoms with Gasteiger partial charge < -0.3 is 14.8 Å². The van der Waals surface area contributed by atoms with Crippen LogP contribution in [0.5, 0.6) is 0 Å². The Kier molecular flexibility index (Phi) is 4.67. The number of carbonyl (C=O) groups is 2. The van der Waals surface area contributed by atoms with Crippen LogP contribution >= 0.6 is 0 Å². The first kappa shape index (κ1) is 16.3. The Bertz CT molecular complexity index is 412. The Morgan fingerprint density at radius 2 is 1.90 bits per heavy atom. The van der Waals surface area contributed by atoms with Gasteiger partial charge in [0, 0.05) is 0 Å². The molecule has 1 amide bonds. The summed E-state index contributed by atoms with van der Waals surface area (Å²) in [5.41, 5.74) is -0.725. The number of esters is 1. The third-order valence-electron chi connectivity index (χ3n) is 2.49. The first-order valence-electron chi connectivity index (χ1n) is 5.89. The first-order chi connectivity index (χ1) is 9.01. The fourth-order valence-electron chi connectivity index (χ4n) is 1.33. The molecule has 0 aliphatic carbocycles. The van der Waals surface area contributed by atoms with Gasteiger partial charge in [-0.1, -0.05) is 0 Å². The summed E-state index contributed by atoms with van der Waals surface area (Å²) in [6.45, 7) is 4.69. The summed E-state index contributed by atoms with van der Waals surface area (Å²) in [7, 11) is 0. The van der Waals surface area contributed by atoms with Crippen molar-refractivity contribution in [3.05, 3.63) is 12.3 Å². The molecular formula is C12H16F3NO4. The number of ether oxygens (including phenoxy) is 2. The van der Waals surface area contributed by atoms with Crippen molar-refractivity contribution < 1.29 is 32.2 Å². The molecule has 0 spiro atoms. The molecule has 0 unspecified atom stereocenters. The van der Waals surface area contributed by atoms with Crippen molar-refractivity contribution in [2.45, 2.75) is 39.1 Å². The topological polar surface area (TPSA) is 64.6 Å². The van der Waals surface area contributed by atoms with E-state index in [4.69, 9.17) is 9.47 Å². The molecule has 114 valence electrons. The molecule has 0 aromatic carbocycles. The minimum absolute atomic E-state index is 0.244. The number of hydrogen-bond acceptors (Lipinski definition) is 4. The standard InChI is InChI=1S/C12H16F3NO4/c1-11(2,3)10(18)20-6-8-7(4-5-19-8)16-9(17)12(13,14)15/h4-5,7-8H,6H2,1-3H3,(H,16,17)/t7-,8+/m0/s1. The number of amides is 1. The van der Waals surface area contributed by atoms with Gasteiger partial charge in [-0.3, -0.25) is 9.59 Å². The van der Waals surface area contributed by atoms with Crippen LogP contribution in [-0.4, -0.2) is 36.8 Å². The molecule has 1 heterocycles. The van der Waals surface area contributed by atoms with Crippen LogP contribution < -0.4 is 5.32 Å². The third-order valence-corrected chi connectivity index (χ3v) is 2.49. The molecule has 8 heteroatoms. The predicted molar refractivity (Wildman–Crippen MR) is 62.4 cm³/mol. The van der Waals surface area contributed by atoms with Crippen LogP contribution in [0.2, 0.25) is 0 Å². The largest absolute Gasteiger partial charge is 0.492 e. The van der Waals surface area contributed by atoms with E-state index >= 15 is 0 Å². The van der Waals surface area contributed by atoms with Crippen LogP contribution in [0, 0.1) is 5.41 Å². The van der Waals surface area contributed by atoms with Crippen LogP contribution in [0.25, 0.3) is 0 Å². The van der Waals surface area contributed by atoms with E-state index < -0.39 is 35.6 Å². The van der Waals surface area contributed by atoms with Crippen molar-refractivity contribution in [3.8, 4) is 0 Å². The highest BCUT2D eigenvalue weighted by atomic mass is 19.4. The normalized spacial score (nSPS) is 22.3. The van der Waals surface area contributed by atoms with E-state index in [0.717, 1.165) is 6.26 Å². The number of carbonyl (C=O) groups excluding carboxylic acids is 2. The molecule has 0 bridgehead atoms. The van der Waals surface area contributed by atoms with Gasteiger partial charge >= 0.3 is 18.1 Å². The lowest BCUT2D eigenvalue weighted by molar-refractivity contribution is -0.174. The maximum absolute atomic E-state index is 12.1. The van der Waals surface area contributed by atoms with Crippen LogP contribution in [0.15, 0.2) is 12.3 Å². The highest BCUT2D eigenvalue weighted by Gasteiger charge is 2.41. The molecule has 1 aliphatic rings. The zero-order chi connectivity index (χ0) is 15.6. The molecule has 0 saturated carbocycles. The number of halogens is 3. The highest BCUT2D eigenvalue weighted by molar-refractivity contribution is 5.82. The van der Waals surface area contributed by atoms with Gasteiger partial charge in [0.1, 0.15) is 6.61 Å². The van der Waals surface area contributed by atoms with E-state index in [1.807, 2.05) is 0 Å². The highest BCUT2D eigenvalue weighted by Crippen LogP contribution is 2.19. The van der Waals surface area contributed by atoms with Gasteiger partial charge in [-0.25, -0.2) is 0 Å². The maximum Gasteiger partial charge on any atom is 0.471 e. The van der Waals surface area contributed by atoms with Gasteiger partial charge in [0.15, 0.2) is 6.10 Å². The summed E-state index contributed by atoms with van der Waals surface area (Å²) in [5, 5.41) is 1.76. The summed E-state index contributed by atoms with van der Waals surface area (Å²) >= 11 is 0. The average molecular weight is 295 g/mol. The van der Waals surface area contributed by atoms with E-state index in [1.54, 1.807) is 26.1 Å². The molecule has 5 nitrogen and oxygen atoms in total. The lowest BCUT2D eigenvalue weighted by Crippen LogP contribution is -2.48. The van der Waals surface area contributed by atoms with Crippen LogP contribution in [-0.2, 0) is 19.1 Å². The van der Waals surface area contributed by atoms with Gasteiger partial charge in [0.25, 0.3) is 0 Å². The van der Waals surface area contributed by atoms with Crippen molar-refractivity contribution in [2.75, 3.05) is 6.61 Å². The second-order valence-electron chi connectivity index (χ2n) is 5.35. The van der Waals surface area contributed by atoms with Crippen LogP contribution in [0.3, 0.4) is 0 Å². The molecule has 1 aliphatic heterocycles. The molecule has 0 saturated heterocycles. The lowest BCUT2D eigenvalue weighted by atomic mass is 9.97. The zero-order valence-electron chi connectivity index (χ0n) is 11.3. The molecular weight excluding hydrogens is 279 g/mol. The first-order valence-corrected chi connectivity index (χ1v) is 5.89. The Hall–Kier alpha value is -1.73. The Morgan fingerprint density at radius 3 is 2.40 bits per heavy atom. The van der Waals surface area contributed by atoms with Crippen molar-refractivity contribution >= 4 is 11.9 Å². The minimum Gasteiger partial charge on any atom is -0.492 e. The number of alkyl halides is 3. The van der Waals surface area contributed by atoms with E-state index in [9.17, 15) is 22.8 Å². The third kappa shape index (κ3) is 4.43. The fraction of sp³-hybridized carbons (Fsp3) is 0.667. The monoisotopic (exact) mass is 295 g/mol. The molecule has 0 radical (unpaired) electrons.